The second kappa shape index (κ2) is 6.04. The molecule has 148 valence electrons. The lowest BCUT2D eigenvalue weighted by atomic mass is 9.48. The van der Waals surface area contributed by atoms with Gasteiger partial charge in [0.15, 0.2) is 0 Å². The Bertz CT molecular complexity index is 1040. The molecule has 1 heterocycles. The summed E-state index contributed by atoms with van der Waals surface area (Å²) in [6, 6.07) is 11.7. The first kappa shape index (κ1) is 17.9. The minimum absolute atomic E-state index is 0.182. The first-order valence-corrected chi connectivity index (χ1v) is 11.5. The van der Waals surface area contributed by atoms with Crippen molar-refractivity contribution in [3.8, 4) is 0 Å². The van der Waals surface area contributed by atoms with Gasteiger partial charge < -0.3 is 0 Å². The van der Waals surface area contributed by atoms with Crippen molar-refractivity contribution in [2.24, 2.45) is 17.8 Å². The second-order valence-corrected chi connectivity index (χ2v) is 10.7. The van der Waals surface area contributed by atoms with Crippen molar-refractivity contribution in [1.82, 2.24) is 0 Å². The van der Waals surface area contributed by atoms with Gasteiger partial charge in [-0.1, -0.05) is 22.0 Å². The van der Waals surface area contributed by atoms with E-state index in [0.717, 1.165) is 27.8 Å². The smallest absolute Gasteiger partial charge is 0.266 e. The number of carbonyl (C=O) groups is 2. The van der Waals surface area contributed by atoms with Crippen molar-refractivity contribution in [3.05, 3.63) is 63.1 Å². The van der Waals surface area contributed by atoms with Crippen LogP contribution in [0.3, 0.4) is 0 Å². The fourth-order valence-electron chi connectivity index (χ4n) is 7.04. The van der Waals surface area contributed by atoms with Crippen molar-refractivity contribution in [2.45, 2.75) is 50.9 Å². The Kier molecular flexibility index (Phi) is 3.72. The van der Waals surface area contributed by atoms with E-state index in [9.17, 15) is 9.59 Å². The van der Waals surface area contributed by atoms with Gasteiger partial charge in [0, 0.05) is 4.47 Å². The van der Waals surface area contributed by atoms with Crippen molar-refractivity contribution >= 4 is 33.4 Å². The Morgan fingerprint density at radius 2 is 1.48 bits per heavy atom. The molecule has 7 rings (SSSR count). The molecule has 4 fully saturated rings. The number of anilines is 1. The molecule has 0 aromatic heterocycles. The van der Waals surface area contributed by atoms with Gasteiger partial charge in [-0.05, 0) is 110 Å². The van der Waals surface area contributed by atoms with Gasteiger partial charge in [-0.3, -0.25) is 9.59 Å². The van der Waals surface area contributed by atoms with Crippen LogP contribution < -0.4 is 4.90 Å². The van der Waals surface area contributed by atoms with Crippen molar-refractivity contribution in [1.29, 1.82) is 0 Å². The number of hydrogen-bond donors (Lipinski definition) is 0. The van der Waals surface area contributed by atoms with Crippen LogP contribution in [0, 0.1) is 24.7 Å². The molecule has 0 spiro atoms. The topological polar surface area (TPSA) is 37.4 Å². The van der Waals surface area contributed by atoms with E-state index in [-0.39, 0.29) is 17.2 Å². The number of nitrogens with zero attached hydrogens (tertiary/aromatic N) is 1. The molecule has 3 nitrogen and oxygen atoms in total. The molecule has 2 aromatic rings. The van der Waals surface area contributed by atoms with Crippen LogP contribution in [-0.4, -0.2) is 11.8 Å². The summed E-state index contributed by atoms with van der Waals surface area (Å²) < 4.78 is 0.974. The van der Waals surface area contributed by atoms with E-state index in [1.54, 1.807) is 0 Å². The number of halogens is 1. The predicted molar refractivity (Wildman–Crippen MR) is 116 cm³/mol. The molecule has 4 saturated carbocycles. The molecule has 2 amide bonds. The molecule has 0 radical (unpaired) electrons. The van der Waals surface area contributed by atoms with Gasteiger partial charge in [0.25, 0.3) is 11.8 Å². The zero-order chi connectivity index (χ0) is 19.9. The van der Waals surface area contributed by atoms with Gasteiger partial charge in [-0.25, -0.2) is 4.90 Å². The summed E-state index contributed by atoms with van der Waals surface area (Å²) in [5, 5.41) is 0. The highest BCUT2D eigenvalue weighted by Gasteiger charge is 2.52. The first-order valence-electron chi connectivity index (χ1n) is 10.7. The summed E-state index contributed by atoms with van der Waals surface area (Å²) in [4.78, 5) is 27.7. The fraction of sp³-hybridized carbons (Fsp3) is 0.440. The Hall–Kier alpha value is -1.94. The van der Waals surface area contributed by atoms with E-state index >= 15 is 0 Å². The highest BCUT2D eigenvalue weighted by molar-refractivity contribution is 9.10. The van der Waals surface area contributed by atoms with Crippen LogP contribution in [0.5, 0.6) is 0 Å². The Morgan fingerprint density at radius 1 is 0.862 bits per heavy atom. The third kappa shape index (κ3) is 2.54. The van der Waals surface area contributed by atoms with Gasteiger partial charge in [0.05, 0.1) is 16.8 Å². The Morgan fingerprint density at radius 3 is 2.10 bits per heavy atom. The van der Waals surface area contributed by atoms with Crippen LogP contribution in [-0.2, 0) is 5.41 Å². The summed E-state index contributed by atoms with van der Waals surface area (Å²) in [5.41, 5.74) is 4.31. The average molecular weight is 450 g/mol. The van der Waals surface area contributed by atoms with E-state index in [1.165, 1.54) is 49.0 Å². The number of imide groups is 1. The lowest BCUT2D eigenvalue weighted by Gasteiger charge is -2.57. The molecule has 0 atom stereocenters. The monoisotopic (exact) mass is 449 g/mol. The van der Waals surface area contributed by atoms with E-state index in [4.69, 9.17) is 0 Å². The van der Waals surface area contributed by atoms with Crippen LogP contribution in [0.25, 0.3) is 0 Å². The number of amides is 2. The molecule has 2 aromatic carbocycles. The molecular formula is C25H24BrNO2. The molecule has 5 aliphatic rings. The minimum atomic E-state index is -0.205. The SMILES string of the molecule is Cc1cc(N2C(=O)c3ccc(C45CC6CC(CC(C6)C4)C5)cc3C2=O)ccc1Br. The summed E-state index contributed by atoms with van der Waals surface area (Å²) >= 11 is 3.49. The van der Waals surface area contributed by atoms with E-state index in [0.29, 0.717) is 16.8 Å². The van der Waals surface area contributed by atoms with Crippen molar-refractivity contribution < 1.29 is 9.59 Å². The van der Waals surface area contributed by atoms with E-state index < -0.39 is 0 Å². The van der Waals surface area contributed by atoms with Crippen LogP contribution in [0.15, 0.2) is 40.9 Å². The molecule has 0 N–H and O–H groups in total. The molecule has 29 heavy (non-hydrogen) atoms. The normalized spacial score (nSPS) is 32.2. The maximum absolute atomic E-state index is 13.3. The van der Waals surface area contributed by atoms with Crippen molar-refractivity contribution in [3.63, 3.8) is 0 Å². The zero-order valence-corrected chi connectivity index (χ0v) is 18.2. The Balaban J connectivity index is 1.39. The number of fused-ring (bicyclic) bond motifs is 1. The summed E-state index contributed by atoms with van der Waals surface area (Å²) in [6.07, 6.45) is 7.98. The number of carbonyl (C=O) groups excluding carboxylic acids is 2. The third-order valence-electron chi connectivity index (χ3n) is 7.94. The zero-order valence-electron chi connectivity index (χ0n) is 16.6. The third-order valence-corrected chi connectivity index (χ3v) is 8.83. The minimum Gasteiger partial charge on any atom is -0.268 e. The number of hydrogen-bond acceptors (Lipinski definition) is 2. The average Bonchev–Trinajstić information content (AvgIpc) is 2.93. The van der Waals surface area contributed by atoms with Gasteiger partial charge in [-0.15, -0.1) is 0 Å². The van der Waals surface area contributed by atoms with Crippen molar-refractivity contribution in [2.75, 3.05) is 4.90 Å². The fourth-order valence-corrected chi connectivity index (χ4v) is 7.28. The maximum Gasteiger partial charge on any atom is 0.266 e. The van der Waals surface area contributed by atoms with E-state index in [2.05, 4.69) is 28.1 Å². The maximum atomic E-state index is 13.3. The summed E-state index contributed by atoms with van der Waals surface area (Å²) in [6.45, 7) is 1.97. The van der Waals surface area contributed by atoms with Gasteiger partial charge in [0.1, 0.15) is 0 Å². The molecule has 1 aliphatic heterocycles. The number of benzene rings is 2. The van der Waals surface area contributed by atoms with Crippen LogP contribution in [0.4, 0.5) is 5.69 Å². The molecule has 4 heteroatoms. The lowest BCUT2D eigenvalue weighted by Crippen LogP contribution is -2.48. The summed E-state index contributed by atoms with van der Waals surface area (Å²) in [5.74, 6) is 2.18. The molecular weight excluding hydrogens is 426 g/mol. The second-order valence-electron chi connectivity index (χ2n) is 9.84. The van der Waals surface area contributed by atoms with Gasteiger partial charge in [0.2, 0.25) is 0 Å². The standard InChI is InChI=1S/C25H24BrNO2/c1-14-6-19(3-5-22(14)26)27-23(28)20-4-2-18(10-21(20)24(27)29)25-11-15-7-16(12-25)9-17(8-15)13-25/h2-6,10,15-17H,7-9,11-13H2,1H3. The molecule has 0 unspecified atom stereocenters. The summed E-state index contributed by atoms with van der Waals surface area (Å²) in [7, 11) is 0. The van der Waals surface area contributed by atoms with Crippen LogP contribution >= 0.6 is 15.9 Å². The molecule has 0 saturated heterocycles. The first-order chi connectivity index (χ1) is 13.9. The highest BCUT2D eigenvalue weighted by Crippen LogP contribution is 2.60. The molecule has 4 bridgehead atoms. The lowest BCUT2D eigenvalue weighted by molar-refractivity contribution is -0.00520. The number of aryl methyl sites for hydroxylation is 1. The number of rotatable bonds is 2. The van der Waals surface area contributed by atoms with Gasteiger partial charge in [-0.2, -0.15) is 0 Å². The predicted octanol–water partition coefficient (Wildman–Crippen LogP) is 6.03. The van der Waals surface area contributed by atoms with Gasteiger partial charge >= 0.3 is 0 Å². The van der Waals surface area contributed by atoms with Crippen LogP contribution in [0.1, 0.15) is 70.4 Å². The van der Waals surface area contributed by atoms with Crippen LogP contribution in [0.2, 0.25) is 0 Å². The Labute approximate surface area is 179 Å². The largest absolute Gasteiger partial charge is 0.268 e. The molecule has 4 aliphatic carbocycles. The van der Waals surface area contributed by atoms with E-state index in [1.807, 2.05) is 31.2 Å². The highest BCUT2D eigenvalue weighted by atomic mass is 79.9. The quantitative estimate of drug-likeness (QED) is 0.525.